The molecule has 0 aromatic carbocycles. The molecule has 2 heterocycles. The Morgan fingerprint density at radius 1 is 1.41 bits per heavy atom. The van der Waals surface area contributed by atoms with E-state index < -0.39 is 18.5 Å². The van der Waals surface area contributed by atoms with E-state index in [4.69, 9.17) is 0 Å². The third-order valence-corrected chi connectivity index (χ3v) is 4.24. The molecular formula is C17H23F2N5O3. The lowest BCUT2D eigenvalue weighted by Crippen LogP contribution is -2.34. The fourth-order valence-electron chi connectivity index (χ4n) is 2.61. The molecule has 0 radical (unpaired) electrons. The van der Waals surface area contributed by atoms with Gasteiger partial charge in [0.2, 0.25) is 0 Å². The van der Waals surface area contributed by atoms with Gasteiger partial charge in [0, 0.05) is 18.7 Å². The summed E-state index contributed by atoms with van der Waals surface area (Å²) in [6, 6.07) is 1.48. The monoisotopic (exact) mass is 383 g/mol. The maximum atomic E-state index is 12.9. The molecule has 148 valence electrons. The van der Waals surface area contributed by atoms with Crippen LogP contribution in [-0.2, 0) is 17.9 Å². The number of ketones is 1. The Hall–Kier alpha value is -2.62. The van der Waals surface area contributed by atoms with Crippen LogP contribution in [0, 0.1) is 0 Å². The summed E-state index contributed by atoms with van der Waals surface area (Å²) >= 11 is 0. The number of carbonyl (C=O) groups excluding carboxylic acids is 2. The molecule has 0 aliphatic carbocycles. The van der Waals surface area contributed by atoms with Gasteiger partial charge in [-0.25, -0.2) is 8.78 Å². The number of nitrogens with zero attached hydrogens (tertiary/aromatic N) is 4. The fraction of sp³-hybridized carbons (Fsp3) is 0.529. The number of aldehydes is 1. The van der Waals surface area contributed by atoms with Crippen molar-refractivity contribution in [3.63, 3.8) is 0 Å². The van der Waals surface area contributed by atoms with E-state index in [-0.39, 0.29) is 47.6 Å². The Bertz CT molecular complexity index is 904. The number of alkyl halides is 2. The molecule has 0 bridgehead atoms. The zero-order valence-corrected chi connectivity index (χ0v) is 15.7. The zero-order chi connectivity index (χ0) is 20.3. The number of anilines is 1. The number of hydrogen-bond acceptors (Lipinski definition) is 6. The highest BCUT2D eigenvalue weighted by Crippen LogP contribution is 2.16. The van der Waals surface area contributed by atoms with E-state index in [2.05, 4.69) is 10.4 Å². The summed E-state index contributed by atoms with van der Waals surface area (Å²) in [4.78, 5) is 38.2. The number of nitrogens with one attached hydrogen (secondary N) is 1. The van der Waals surface area contributed by atoms with E-state index >= 15 is 0 Å². The van der Waals surface area contributed by atoms with Gasteiger partial charge in [-0.3, -0.25) is 19.3 Å². The predicted molar refractivity (Wildman–Crippen MR) is 96.6 cm³/mol. The Morgan fingerprint density at radius 3 is 2.59 bits per heavy atom. The van der Waals surface area contributed by atoms with Crippen molar-refractivity contribution in [3.05, 3.63) is 27.7 Å². The number of hydrogen-bond donors (Lipinski definition) is 1. The summed E-state index contributed by atoms with van der Waals surface area (Å²) in [5, 5.41) is 6.47. The number of rotatable bonds is 9. The van der Waals surface area contributed by atoms with Gasteiger partial charge in [-0.15, -0.1) is 5.10 Å². The molecule has 0 aliphatic rings. The minimum absolute atomic E-state index is 0.0657. The maximum Gasteiger partial charge on any atom is 0.279 e. The summed E-state index contributed by atoms with van der Waals surface area (Å²) in [5.41, 5.74) is -0.0662. The van der Waals surface area contributed by atoms with Crippen LogP contribution in [0.25, 0.3) is 5.65 Å². The second-order valence-electron chi connectivity index (χ2n) is 6.66. The molecule has 0 saturated carbocycles. The number of carbonyl (C=O) groups is 2. The zero-order valence-electron chi connectivity index (χ0n) is 15.7. The fourth-order valence-corrected chi connectivity index (χ4v) is 2.61. The van der Waals surface area contributed by atoms with Crippen LogP contribution in [0.3, 0.4) is 0 Å². The van der Waals surface area contributed by atoms with Crippen molar-refractivity contribution in [2.75, 3.05) is 18.9 Å². The largest absolute Gasteiger partial charge is 0.363 e. The molecule has 8 nitrogen and oxygen atoms in total. The molecule has 2 aromatic heterocycles. The number of aromatic nitrogens is 3. The first-order chi connectivity index (χ1) is 12.6. The average molecular weight is 383 g/mol. The molecule has 1 N–H and O–H groups in total. The van der Waals surface area contributed by atoms with Crippen LogP contribution in [0.2, 0.25) is 0 Å². The Morgan fingerprint density at radius 2 is 2.07 bits per heavy atom. The summed E-state index contributed by atoms with van der Waals surface area (Å²) in [6.45, 7) is 4.64. The van der Waals surface area contributed by atoms with Crippen molar-refractivity contribution in [2.24, 2.45) is 0 Å². The van der Waals surface area contributed by atoms with Crippen molar-refractivity contribution in [3.8, 4) is 0 Å². The van der Waals surface area contributed by atoms with Crippen LogP contribution < -0.4 is 10.9 Å². The van der Waals surface area contributed by atoms with E-state index in [0.29, 0.717) is 6.29 Å². The Balaban J connectivity index is 2.70. The summed E-state index contributed by atoms with van der Waals surface area (Å²) in [6.07, 6.45) is -2.06. The Labute approximate surface area is 154 Å². The van der Waals surface area contributed by atoms with Gasteiger partial charge in [0.1, 0.15) is 11.4 Å². The average Bonchev–Trinajstić information content (AvgIpc) is 3.01. The molecular weight excluding hydrogens is 360 g/mol. The maximum absolute atomic E-state index is 12.9. The van der Waals surface area contributed by atoms with E-state index in [1.165, 1.54) is 17.6 Å². The summed E-state index contributed by atoms with van der Waals surface area (Å²) in [5.74, 6) is -0.161. The van der Waals surface area contributed by atoms with Gasteiger partial charge in [-0.2, -0.15) is 4.52 Å². The third kappa shape index (κ3) is 4.57. The molecule has 2 aromatic rings. The lowest BCUT2D eigenvalue weighted by Gasteiger charge is -2.22. The normalized spacial score (nSPS) is 11.7. The molecule has 2 rings (SSSR count). The van der Waals surface area contributed by atoms with Gasteiger partial charge in [0.05, 0.1) is 24.3 Å². The first-order valence-corrected chi connectivity index (χ1v) is 8.48. The molecule has 0 aliphatic heterocycles. The van der Waals surface area contributed by atoms with Crippen molar-refractivity contribution >= 4 is 23.5 Å². The predicted octanol–water partition coefficient (Wildman–Crippen LogP) is 1.41. The quantitative estimate of drug-likeness (QED) is 0.659. The van der Waals surface area contributed by atoms with E-state index in [0.717, 1.165) is 4.52 Å². The third-order valence-electron chi connectivity index (χ3n) is 4.24. The number of Topliss-reactive ketones (excluding diaryl/α,β-unsaturated/α-hetero) is 1. The number of halogens is 2. The van der Waals surface area contributed by atoms with Crippen molar-refractivity contribution in [1.29, 1.82) is 0 Å². The molecule has 0 saturated heterocycles. The lowest BCUT2D eigenvalue weighted by atomic mass is 10.2. The van der Waals surface area contributed by atoms with Gasteiger partial charge in [-0.05, 0) is 27.8 Å². The second-order valence-corrected chi connectivity index (χ2v) is 6.66. The van der Waals surface area contributed by atoms with E-state index in [1.807, 2.05) is 18.7 Å². The van der Waals surface area contributed by atoms with Gasteiger partial charge >= 0.3 is 0 Å². The highest BCUT2D eigenvalue weighted by molar-refractivity contribution is 5.81. The minimum Gasteiger partial charge on any atom is -0.363 e. The Kier molecular flexibility index (Phi) is 6.42. The topological polar surface area (TPSA) is 88.7 Å². The molecule has 0 fully saturated rings. The molecule has 0 atom stereocenters. The first kappa shape index (κ1) is 20.7. The van der Waals surface area contributed by atoms with Gasteiger partial charge < -0.3 is 9.88 Å². The summed E-state index contributed by atoms with van der Waals surface area (Å²) in [7, 11) is 1.80. The van der Waals surface area contributed by atoms with Crippen LogP contribution in [-0.4, -0.2) is 57.2 Å². The lowest BCUT2D eigenvalue weighted by molar-refractivity contribution is -0.117. The van der Waals surface area contributed by atoms with E-state index in [1.54, 1.807) is 7.05 Å². The highest BCUT2D eigenvalue weighted by atomic mass is 19.3. The number of fused-ring (bicyclic) bond motifs is 1. The molecule has 0 amide bonds. The van der Waals surface area contributed by atoms with Crippen LogP contribution in [0.4, 0.5) is 14.6 Å². The van der Waals surface area contributed by atoms with Crippen molar-refractivity contribution < 1.29 is 18.4 Å². The highest BCUT2D eigenvalue weighted by Gasteiger charge is 2.21. The van der Waals surface area contributed by atoms with E-state index in [9.17, 15) is 23.2 Å². The molecule has 0 unspecified atom stereocenters. The van der Waals surface area contributed by atoms with Crippen LogP contribution >= 0.6 is 0 Å². The molecule has 27 heavy (non-hydrogen) atoms. The van der Waals surface area contributed by atoms with Crippen molar-refractivity contribution in [2.45, 2.75) is 46.3 Å². The summed E-state index contributed by atoms with van der Waals surface area (Å²) < 4.78 is 27.3. The first-order valence-electron chi connectivity index (χ1n) is 8.48. The smallest absolute Gasteiger partial charge is 0.279 e. The van der Waals surface area contributed by atoms with Crippen molar-refractivity contribution in [1.82, 2.24) is 19.1 Å². The van der Waals surface area contributed by atoms with Gasteiger partial charge in [0.25, 0.3) is 12.0 Å². The standard InChI is InChI=1S/C17H23F2N5O3/c1-10(2)22(4)8-12-13(9-25)23(7-11(3)26)16-5-15(20-6-14(18)19)21-24(16)17(12)27/h5,9-10,14H,6-8H2,1-4H3,(H,20,21). The van der Waals surface area contributed by atoms with Gasteiger partial charge in [0.15, 0.2) is 12.1 Å². The molecule has 10 heteroatoms. The second kappa shape index (κ2) is 8.38. The minimum atomic E-state index is -2.59. The SMILES string of the molecule is CC(=O)Cn1c(C=O)c(CN(C)C(C)C)c(=O)n2nc(NCC(F)F)cc12. The molecule has 0 spiro atoms. The van der Waals surface area contributed by atoms with Gasteiger partial charge in [-0.1, -0.05) is 0 Å². The van der Waals surface area contributed by atoms with Crippen LogP contribution in [0.5, 0.6) is 0 Å². The van der Waals surface area contributed by atoms with Crippen LogP contribution in [0.15, 0.2) is 10.9 Å². The van der Waals surface area contributed by atoms with Crippen LogP contribution in [0.1, 0.15) is 36.8 Å².